The zero-order valence-electron chi connectivity index (χ0n) is 12.9. The van der Waals surface area contributed by atoms with Gasteiger partial charge in [0.25, 0.3) is 10.0 Å². The third kappa shape index (κ3) is 2.59. The predicted molar refractivity (Wildman–Crippen MR) is 87.7 cm³/mol. The number of hydrogen-bond donors (Lipinski definition) is 0. The summed E-state index contributed by atoms with van der Waals surface area (Å²) in [6.45, 7) is 1.89. The van der Waals surface area contributed by atoms with Crippen LogP contribution in [0.2, 0.25) is 0 Å². The molecule has 23 heavy (non-hydrogen) atoms. The molecule has 0 saturated carbocycles. The Morgan fingerprint density at radius 3 is 2.57 bits per heavy atom. The number of ketones is 1. The van der Waals surface area contributed by atoms with Crippen molar-refractivity contribution in [2.24, 2.45) is 0 Å². The van der Waals surface area contributed by atoms with Crippen LogP contribution < -0.4 is 9.04 Å². The maximum absolute atomic E-state index is 13.1. The lowest BCUT2D eigenvalue weighted by Crippen LogP contribution is -2.37. The van der Waals surface area contributed by atoms with Crippen molar-refractivity contribution in [3.63, 3.8) is 0 Å². The van der Waals surface area contributed by atoms with Gasteiger partial charge in [-0.15, -0.1) is 0 Å². The van der Waals surface area contributed by atoms with Gasteiger partial charge in [0, 0.05) is 18.5 Å². The molecule has 0 unspecified atom stereocenters. The van der Waals surface area contributed by atoms with Gasteiger partial charge in [0.1, 0.15) is 5.75 Å². The van der Waals surface area contributed by atoms with Crippen LogP contribution in [0, 0.1) is 6.92 Å². The third-order valence-electron chi connectivity index (χ3n) is 3.97. The molecular weight excluding hydrogens is 314 g/mol. The number of para-hydroxylation sites is 1. The van der Waals surface area contributed by atoms with E-state index >= 15 is 0 Å². The Morgan fingerprint density at radius 2 is 1.87 bits per heavy atom. The molecule has 0 N–H and O–H groups in total. The lowest BCUT2D eigenvalue weighted by atomic mass is 10.0. The van der Waals surface area contributed by atoms with Crippen LogP contribution in [0.15, 0.2) is 47.4 Å². The number of carbonyl (C=O) groups is 1. The average Bonchev–Trinajstić information content (AvgIpc) is 2.54. The molecule has 0 atom stereocenters. The second kappa shape index (κ2) is 5.70. The smallest absolute Gasteiger partial charge is 0.264 e. The summed E-state index contributed by atoms with van der Waals surface area (Å²) in [5.74, 6) is 0.578. The molecule has 0 fully saturated rings. The quantitative estimate of drug-likeness (QED) is 0.867. The standard InChI is InChI=1S/C17H17NO4S/c1-12-11-13(22-2)7-8-17(12)23(20,21)18-10-9-16(19)14-5-3-4-6-15(14)18/h3-8,11H,9-10H2,1-2H3. The summed E-state index contributed by atoms with van der Waals surface area (Å²) < 4.78 is 32.5. The maximum atomic E-state index is 13.1. The number of ether oxygens (including phenoxy) is 1. The molecular formula is C17H17NO4S. The Kier molecular flexibility index (Phi) is 3.85. The summed E-state index contributed by atoms with van der Waals surface area (Å²) in [5.41, 5.74) is 1.51. The highest BCUT2D eigenvalue weighted by atomic mass is 32.2. The highest BCUT2D eigenvalue weighted by molar-refractivity contribution is 7.92. The van der Waals surface area contributed by atoms with Gasteiger partial charge in [-0.3, -0.25) is 9.10 Å². The largest absolute Gasteiger partial charge is 0.497 e. The van der Waals surface area contributed by atoms with Gasteiger partial charge in [0.2, 0.25) is 0 Å². The van der Waals surface area contributed by atoms with Gasteiger partial charge in [-0.25, -0.2) is 8.42 Å². The first-order valence-corrected chi connectivity index (χ1v) is 8.69. The van der Waals surface area contributed by atoms with E-state index in [1.807, 2.05) is 0 Å². The number of nitrogens with zero attached hydrogens (tertiary/aromatic N) is 1. The Morgan fingerprint density at radius 1 is 1.13 bits per heavy atom. The average molecular weight is 331 g/mol. The molecule has 1 heterocycles. The Hall–Kier alpha value is -2.34. The number of methoxy groups -OCH3 is 1. The van der Waals surface area contributed by atoms with E-state index in [0.717, 1.165) is 0 Å². The molecule has 0 radical (unpaired) electrons. The fourth-order valence-electron chi connectivity index (χ4n) is 2.79. The minimum Gasteiger partial charge on any atom is -0.497 e. The van der Waals surface area contributed by atoms with Crippen molar-refractivity contribution in [2.75, 3.05) is 18.0 Å². The van der Waals surface area contributed by atoms with E-state index in [9.17, 15) is 13.2 Å². The van der Waals surface area contributed by atoms with Gasteiger partial charge < -0.3 is 4.74 Å². The van der Waals surface area contributed by atoms with Crippen molar-refractivity contribution in [3.05, 3.63) is 53.6 Å². The number of fused-ring (bicyclic) bond motifs is 1. The summed E-state index contributed by atoms with van der Waals surface area (Å²) in [7, 11) is -2.19. The molecule has 0 bridgehead atoms. The van der Waals surface area contributed by atoms with Crippen molar-refractivity contribution in [1.29, 1.82) is 0 Å². The number of anilines is 1. The second-order valence-electron chi connectivity index (χ2n) is 5.40. The van der Waals surface area contributed by atoms with Gasteiger partial charge in [-0.2, -0.15) is 0 Å². The lowest BCUT2D eigenvalue weighted by Gasteiger charge is -2.30. The number of hydrogen-bond acceptors (Lipinski definition) is 4. The monoisotopic (exact) mass is 331 g/mol. The van der Waals surface area contributed by atoms with Crippen LogP contribution in [0.3, 0.4) is 0 Å². The van der Waals surface area contributed by atoms with Gasteiger partial charge >= 0.3 is 0 Å². The minimum absolute atomic E-state index is 0.0292. The first-order chi connectivity index (χ1) is 10.9. The zero-order chi connectivity index (χ0) is 16.6. The molecule has 2 aromatic rings. The van der Waals surface area contributed by atoms with E-state index in [2.05, 4.69) is 0 Å². The van der Waals surface area contributed by atoms with E-state index in [0.29, 0.717) is 22.6 Å². The lowest BCUT2D eigenvalue weighted by molar-refractivity contribution is 0.0982. The highest BCUT2D eigenvalue weighted by Crippen LogP contribution is 2.33. The van der Waals surface area contributed by atoms with Crippen molar-refractivity contribution in [3.8, 4) is 5.75 Å². The summed E-state index contributed by atoms with van der Waals surface area (Å²) >= 11 is 0. The molecule has 3 rings (SSSR count). The Labute approximate surface area is 135 Å². The normalized spacial score (nSPS) is 14.5. The molecule has 120 valence electrons. The summed E-state index contributed by atoms with van der Waals surface area (Å²) in [5, 5.41) is 0. The zero-order valence-corrected chi connectivity index (χ0v) is 13.8. The van der Waals surface area contributed by atoms with Gasteiger partial charge in [-0.05, 0) is 42.8 Å². The van der Waals surface area contributed by atoms with Crippen molar-refractivity contribution in [1.82, 2.24) is 0 Å². The number of rotatable bonds is 3. The van der Waals surface area contributed by atoms with Crippen LogP contribution in [0.4, 0.5) is 5.69 Å². The molecule has 1 aliphatic heterocycles. The summed E-state index contributed by atoms with van der Waals surface area (Å²) in [6, 6.07) is 11.7. The van der Waals surface area contributed by atoms with Gasteiger partial charge in [-0.1, -0.05) is 12.1 Å². The van der Waals surface area contributed by atoms with E-state index in [1.54, 1.807) is 49.4 Å². The van der Waals surface area contributed by atoms with E-state index in [4.69, 9.17) is 4.74 Å². The number of benzene rings is 2. The summed E-state index contributed by atoms with van der Waals surface area (Å²) in [4.78, 5) is 12.2. The second-order valence-corrected chi connectivity index (χ2v) is 7.23. The Balaban J connectivity index is 2.11. The topological polar surface area (TPSA) is 63.7 Å². The molecule has 0 saturated heterocycles. The summed E-state index contributed by atoms with van der Waals surface area (Å²) in [6.07, 6.45) is 0.186. The first-order valence-electron chi connectivity index (χ1n) is 7.25. The van der Waals surface area contributed by atoms with E-state index in [-0.39, 0.29) is 23.6 Å². The Bertz CT molecular complexity index is 874. The number of aryl methyl sites for hydroxylation is 1. The fourth-order valence-corrected chi connectivity index (χ4v) is 4.48. The predicted octanol–water partition coefficient (Wildman–Crippen LogP) is 2.79. The van der Waals surface area contributed by atoms with E-state index in [1.165, 1.54) is 11.4 Å². The molecule has 6 heteroatoms. The van der Waals surface area contributed by atoms with Crippen LogP contribution in [0.25, 0.3) is 0 Å². The molecule has 0 spiro atoms. The molecule has 0 amide bonds. The third-order valence-corrected chi connectivity index (χ3v) is 5.94. The molecule has 0 aromatic heterocycles. The fraction of sp³-hybridized carbons (Fsp3) is 0.235. The van der Waals surface area contributed by atoms with E-state index < -0.39 is 10.0 Å². The number of Topliss-reactive ketones (excluding diaryl/α,β-unsaturated/α-hetero) is 1. The number of sulfonamides is 1. The van der Waals surface area contributed by atoms with Gasteiger partial charge in [0.05, 0.1) is 17.7 Å². The van der Waals surface area contributed by atoms with Crippen molar-refractivity contribution < 1.29 is 17.9 Å². The molecule has 0 aliphatic carbocycles. The van der Waals surface area contributed by atoms with Gasteiger partial charge in [0.15, 0.2) is 5.78 Å². The molecule has 2 aromatic carbocycles. The van der Waals surface area contributed by atoms with Crippen LogP contribution in [0.5, 0.6) is 5.75 Å². The van der Waals surface area contributed by atoms with Crippen LogP contribution in [0.1, 0.15) is 22.3 Å². The van der Waals surface area contributed by atoms with Crippen LogP contribution >= 0.6 is 0 Å². The maximum Gasteiger partial charge on any atom is 0.264 e. The van der Waals surface area contributed by atoms with Crippen molar-refractivity contribution in [2.45, 2.75) is 18.2 Å². The van der Waals surface area contributed by atoms with Crippen molar-refractivity contribution >= 4 is 21.5 Å². The first kappa shape index (κ1) is 15.6. The SMILES string of the molecule is COc1ccc(S(=O)(=O)N2CCC(=O)c3ccccc32)c(C)c1. The minimum atomic E-state index is -3.73. The number of carbonyl (C=O) groups excluding carboxylic acids is 1. The van der Waals surface area contributed by atoms with Crippen LogP contribution in [-0.2, 0) is 10.0 Å². The molecule has 5 nitrogen and oxygen atoms in total. The molecule has 1 aliphatic rings. The van der Waals surface area contributed by atoms with Crippen LogP contribution in [-0.4, -0.2) is 27.9 Å². The highest BCUT2D eigenvalue weighted by Gasteiger charge is 2.32.